The first-order valence-electron chi connectivity index (χ1n) is 7.75. The molecular formula is C19H20O6. The van der Waals surface area contributed by atoms with Gasteiger partial charge in [0.15, 0.2) is 11.5 Å². The summed E-state index contributed by atoms with van der Waals surface area (Å²) in [5, 5.41) is 0. The smallest absolute Gasteiger partial charge is 0.347 e. The fourth-order valence-electron chi connectivity index (χ4n) is 2.67. The van der Waals surface area contributed by atoms with Gasteiger partial charge in [0.1, 0.15) is 28.4 Å². The van der Waals surface area contributed by atoms with Crippen molar-refractivity contribution in [3.05, 3.63) is 40.3 Å². The Labute approximate surface area is 145 Å². The summed E-state index contributed by atoms with van der Waals surface area (Å²) in [5.74, 6) is 2.30. The summed E-state index contributed by atoms with van der Waals surface area (Å²) in [6.07, 6.45) is 3.54. The van der Waals surface area contributed by atoms with Gasteiger partial charge in [0.25, 0.3) is 0 Å². The van der Waals surface area contributed by atoms with Gasteiger partial charge in [-0.15, -0.1) is 0 Å². The molecule has 2 heterocycles. The van der Waals surface area contributed by atoms with Gasteiger partial charge in [0.05, 0.1) is 26.9 Å². The molecule has 0 bridgehead atoms. The Morgan fingerprint density at radius 1 is 0.920 bits per heavy atom. The fraction of sp³-hybridized carbons (Fsp3) is 0.316. The molecule has 1 aromatic heterocycles. The molecule has 0 unspecified atom stereocenters. The molecule has 0 saturated heterocycles. The van der Waals surface area contributed by atoms with Crippen LogP contribution in [0.2, 0.25) is 0 Å². The molecule has 25 heavy (non-hydrogen) atoms. The van der Waals surface area contributed by atoms with E-state index in [0.717, 1.165) is 0 Å². The first-order valence-corrected chi connectivity index (χ1v) is 7.75. The average Bonchev–Trinajstić information content (AvgIpc) is 2.59. The predicted molar refractivity (Wildman–Crippen MR) is 93.8 cm³/mol. The highest BCUT2D eigenvalue weighted by Gasteiger charge is 2.26. The summed E-state index contributed by atoms with van der Waals surface area (Å²) in [6, 6.07) is 5.07. The third-order valence-electron chi connectivity index (χ3n) is 3.95. The average molecular weight is 344 g/mol. The molecule has 0 fully saturated rings. The first-order chi connectivity index (χ1) is 11.9. The molecule has 6 heteroatoms. The lowest BCUT2D eigenvalue weighted by Gasteiger charge is -2.27. The van der Waals surface area contributed by atoms with Gasteiger partial charge < -0.3 is 23.4 Å². The van der Waals surface area contributed by atoms with Gasteiger partial charge in [-0.1, -0.05) is 0 Å². The third kappa shape index (κ3) is 3.07. The molecular weight excluding hydrogens is 324 g/mol. The Balaban J connectivity index is 2.19. The summed E-state index contributed by atoms with van der Waals surface area (Å²) < 4.78 is 27.4. The largest absolute Gasteiger partial charge is 0.496 e. The third-order valence-corrected chi connectivity index (χ3v) is 3.95. The molecule has 132 valence electrons. The molecule has 6 nitrogen and oxygen atoms in total. The van der Waals surface area contributed by atoms with Gasteiger partial charge in [-0.2, -0.15) is 0 Å². The van der Waals surface area contributed by atoms with E-state index in [1.807, 2.05) is 19.9 Å². The number of benzene rings is 1. The Hall–Kier alpha value is -2.89. The second-order valence-electron chi connectivity index (χ2n) is 6.12. The molecule has 0 N–H and O–H groups in total. The molecule has 1 aromatic carbocycles. The van der Waals surface area contributed by atoms with E-state index in [0.29, 0.717) is 39.9 Å². The molecule has 0 saturated carbocycles. The molecule has 0 atom stereocenters. The predicted octanol–water partition coefficient (Wildman–Crippen LogP) is 3.52. The van der Waals surface area contributed by atoms with E-state index >= 15 is 0 Å². The highest BCUT2D eigenvalue weighted by atomic mass is 16.5. The number of hydrogen-bond acceptors (Lipinski definition) is 6. The van der Waals surface area contributed by atoms with Crippen molar-refractivity contribution in [3.63, 3.8) is 0 Å². The van der Waals surface area contributed by atoms with E-state index in [4.69, 9.17) is 23.4 Å². The molecule has 0 radical (unpaired) electrons. The standard InChI is InChI=1S/C19H20O6/c1-19(2)7-6-11-15(25-19)10-14(24-18(11)20)12-8-16(22-4)17(23-5)9-13(12)21-3/h6-10H,1-5H3. The second-order valence-corrected chi connectivity index (χ2v) is 6.12. The van der Waals surface area contributed by atoms with E-state index in [1.165, 1.54) is 21.3 Å². The Morgan fingerprint density at radius 2 is 1.56 bits per heavy atom. The second kappa shape index (κ2) is 6.20. The van der Waals surface area contributed by atoms with Crippen LogP contribution < -0.4 is 24.6 Å². The van der Waals surface area contributed by atoms with Gasteiger partial charge >= 0.3 is 5.63 Å². The zero-order valence-electron chi connectivity index (χ0n) is 14.8. The molecule has 3 rings (SSSR count). The SMILES string of the molecule is COc1cc(OC)c(-c2cc3c(c(=O)o2)C=CC(C)(C)O3)cc1OC. The van der Waals surface area contributed by atoms with E-state index < -0.39 is 11.2 Å². The highest BCUT2D eigenvalue weighted by Crippen LogP contribution is 2.41. The van der Waals surface area contributed by atoms with Gasteiger partial charge in [0, 0.05) is 12.1 Å². The van der Waals surface area contributed by atoms with Gasteiger partial charge in [-0.3, -0.25) is 0 Å². The van der Waals surface area contributed by atoms with Crippen LogP contribution in [0.15, 0.2) is 33.5 Å². The normalized spacial score (nSPS) is 14.4. The van der Waals surface area contributed by atoms with Crippen LogP contribution in [0, 0.1) is 0 Å². The van der Waals surface area contributed by atoms with Crippen molar-refractivity contribution >= 4 is 6.08 Å². The van der Waals surface area contributed by atoms with E-state index in [-0.39, 0.29) is 0 Å². The molecule has 0 aliphatic carbocycles. The lowest BCUT2D eigenvalue weighted by molar-refractivity contribution is 0.157. The number of methoxy groups -OCH3 is 3. The molecule has 0 spiro atoms. The summed E-state index contributed by atoms with van der Waals surface area (Å²) in [5.41, 5.74) is -0.0191. The van der Waals surface area contributed by atoms with Gasteiger partial charge in [0.2, 0.25) is 0 Å². The van der Waals surface area contributed by atoms with Crippen LogP contribution >= 0.6 is 0 Å². The van der Waals surface area contributed by atoms with Gasteiger partial charge in [-0.05, 0) is 32.1 Å². The van der Waals surface area contributed by atoms with Crippen molar-refractivity contribution in [1.82, 2.24) is 0 Å². The Kier molecular flexibility index (Phi) is 4.20. The van der Waals surface area contributed by atoms with Crippen LogP contribution in [-0.2, 0) is 0 Å². The van der Waals surface area contributed by atoms with Crippen LogP contribution in [0.1, 0.15) is 19.4 Å². The maximum atomic E-state index is 12.4. The molecule has 1 aliphatic heterocycles. The van der Waals surface area contributed by atoms with Crippen LogP contribution in [0.4, 0.5) is 0 Å². The molecule has 1 aliphatic rings. The number of ether oxygens (including phenoxy) is 4. The van der Waals surface area contributed by atoms with Crippen LogP contribution in [-0.4, -0.2) is 26.9 Å². The topological polar surface area (TPSA) is 67.1 Å². The van der Waals surface area contributed by atoms with Crippen molar-refractivity contribution in [2.75, 3.05) is 21.3 Å². The Morgan fingerprint density at radius 3 is 2.20 bits per heavy atom. The Bertz CT molecular complexity index is 892. The van der Waals surface area contributed by atoms with Crippen molar-refractivity contribution in [1.29, 1.82) is 0 Å². The van der Waals surface area contributed by atoms with Crippen LogP contribution in [0.3, 0.4) is 0 Å². The molecule has 2 aromatic rings. The lowest BCUT2D eigenvalue weighted by atomic mass is 10.0. The summed E-state index contributed by atoms with van der Waals surface area (Å²) in [4.78, 5) is 12.4. The number of rotatable bonds is 4. The maximum absolute atomic E-state index is 12.4. The van der Waals surface area contributed by atoms with E-state index in [9.17, 15) is 4.79 Å². The minimum absolute atomic E-state index is 0.327. The summed E-state index contributed by atoms with van der Waals surface area (Å²) in [6.45, 7) is 3.83. The van der Waals surface area contributed by atoms with E-state index in [2.05, 4.69) is 0 Å². The van der Waals surface area contributed by atoms with E-state index in [1.54, 1.807) is 24.3 Å². The zero-order chi connectivity index (χ0) is 18.2. The van der Waals surface area contributed by atoms with Crippen molar-refractivity contribution in [2.24, 2.45) is 0 Å². The van der Waals surface area contributed by atoms with Crippen molar-refractivity contribution in [3.8, 4) is 34.3 Å². The fourth-order valence-corrected chi connectivity index (χ4v) is 2.67. The maximum Gasteiger partial charge on any atom is 0.347 e. The quantitative estimate of drug-likeness (QED) is 0.845. The number of fused-ring (bicyclic) bond motifs is 1. The zero-order valence-corrected chi connectivity index (χ0v) is 14.8. The van der Waals surface area contributed by atoms with Crippen LogP contribution in [0.25, 0.3) is 17.4 Å². The molecule has 0 amide bonds. The van der Waals surface area contributed by atoms with Crippen molar-refractivity contribution in [2.45, 2.75) is 19.4 Å². The van der Waals surface area contributed by atoms with Gasteiger partial charge in [-0.25, -0.2) is 4.79 Å². The monoisotopic (exact) mass is 344 g/mol. The minimum atomic E-state index is -0.500. The minimum Gasteiger partial charge on any atom is -0.496 e. The lowest BCUT2D eigenvalue weighted by Crippen LogP contribution is -2.29. The summed E-state index contributed by atoms with van der Waals surface area (Å²) in [7, 11) is 4.61. The first kappa shape index (κ1) is 17.0. The van der Waals surface area contributed by atoms with Crippen LogP contribution in [0.5, 0.6) is 23.0 Å². The van der Waals surface area contributed by atoms with Crippen molar-refractivity contribution < 1.29 is 23.4 Å². The number of hydrogen-bond donors (Lipinski definition) is 0. The summed E-state index contributed by atoms with van der Waals surface area (Å²) >= 11 is 0. The highest BCUT2D eigenvalue weighted by molar-refractivity contribution is 5.73.